The van der Waals surface area contributed by atoms with Gasteiger partial charge < -0.3 is 4.74 Å². The predicted molar refractivity (Wildman–Crippen MR) is 84.2 cm³/mol. The lowest BCUT2D eigenvalue weighted by Crippen LogP contribution is -1.99. The van der Waals surface area contributed by atoms with Crippen LogP contribution in [0.2, 0.25) is 0 Å². The average molecular weight is 304 g/mol. The molecule has 0 aliphatic carbocycles. The molecule has 0 radical (unpaired) electrons. The minimum absolute atomic E-state index is 0.519. The van der Waals surface area contributed by atoms with Crippen LogP contribution >= 0.6 is 22.9 Å². The number of unbranched alkanes of at least 4 members (excludes halogenated alkanes) is 5. The number of halogens is 1. The second-order valence-electron chi connectivity index (χ2n) is 4.85. The fourth-order valence-electron chi connectivity index (χ4n) is 1.94. The van der Waals surface area contributed by atoms with Gasteiger partial charge in [-0.15, -0.1) is 22.9 Å². The van der Waals surface area contributed by atoms with Crippen molar-refractivity contribution in [2.24, 2.45) is 0 Å². The third kappa shape index (κ3) is 8.61. The molecule has 0 fully saturated rings. The summed E-state index contributed by atoms with van der Waals surface area (Å²) in [6.07, 6.45) is 10.0. The summed E-state index contributed by atoms with van der Waals surface area (Å²) in [4.78, 5) is 4.44. The van der Waals surface area contributed by atoms with Crippen molar-refractivity contribution >= 4 is 22.9 Å². The monoisotopic (exact) mass is 303 g/mol. The van der Waals surface area contributed by atoms with Crippen LogP contribution in [0.1, 0.15) is 62.6 Å². The van der Waals surface area contributed by atoms with E-state index in [0.717, 1.165) is 31.7 Å². The minimum Gasteiger partial charge on any atom is -0.381 e. The molecule has 0 N–H and O–H groups in total. The topological polar surface area (TPSA) is 22.1 Å². The van der Waals surface area contributed by atoms with Crippen molar-refractivity contribution in [3.05, 3.63) is 16.1 Å². The van der Waals surface area contributed by atoms with Gasteiger partial charge in [-0.3, -0.25) is 0 Å². The quantitative estimate of drug-likeness (QED) is 0.391. The Bertz CT molecular complexity index is 317. The van der Waals surface area contributed by atoms with Gasteiger partial charge in [-0.25, -0.2) is 4.98 Å². The zero-order chi connectivity index (χ0) is 13.8. The Morgan fingerprint density at radius 2 is 1.84 bits per heavy atom. The van der Waals surface area contributed by atoms with Crippen molar-refractivity contribution in [1.29, 1.82) is 0 Å². The molecule has 0 bridgehead atoms. The molecule has 2 nitrogen and oxygen atoms in total. The molecule has 1 rings (SSSR count). The summed E-state index contributed by atoms with van der Waals surface area (Å²) in [5.41, 5.74) is 0.995. The zero-order valence-corrected chi connectivity index (χ0v) is 13.6. The molecule has 0 amide bonds. The van der Waals surface area contributed by atoms with Crippen LogP contribution in [0.15, 0.2) is 5.38 Å². The molecule has 1 aromatic heterocycles. The van der Waals surface area contributed by atoms with Crippen LogP contribution in [0.25, 0.3) is 0 Å². The molecule has 1 aromatic rings. The highest BCUT2D eigenvalue weighted by molar-refractivity contribution is 7.09. The fourth-order valence-corrected chi connectivity index (χ4v) is 3.01. The summed E-state index contributed by atoms with van der Waals surface area (Å²) in [5, 5.41) is 3.22. The van der Waals surface area contributed by atoms with Crippen LogP contribution in [0, 0.1) is 0 Å². The van der Waals surface area contributed by atoms with Crippen molar-refractivity contribution in [2.45, 2.75) is 64.2 Å². The van der Waals surface area contributed by atoms with Crippen molar-refractivity contribution < 1.29 is 4.74 Å². The van der Waals surface area contributed by atoms with Crippen LogP contribution in [-0.4, -0.2) is 18.2 Å². The Morgan fingerprint density at radius 1 is 1.11 bits per heavy atom. The van der Waals surface area contributed by atoms with E-state index in [-0.39, 0.29) is 0 Å². The smallest absolute Gasteiger partial charge is 0.0929 e. The van der Waals surface area contributed by atoms with E-state index in [0.29, 0.717) is 5.88 Å². The van der Waals surface area contributed by atoms with Gasteiger partial charge in [0.15, 0.2) is 0 Å². The standard InChI is InChI=1S/C15H26ClNOS/c1-2-3-4-5-6-7-10-18-11-8-9-15-17-14(12-16)13-19-15/h13H,2-12H2,1H3. The van der Waals surface area contributed by atoms with E-state index in [1.807, 2.05) is 5.38 Å². The number of alkyl halides is 1. The molecule has 19 heavy (non-hydrogen) atoms. The lowest BCUT2D eigenvalue weighted by atomic mass is 10.1. The van der Waals surface area contributed by atoms with Gasteiger partial charge in [-0.05, 0) is 12.8 Å². The molecular weight excluding hydrogens is 278 g/mol. The van der Waals surface area contributed by atoms with Crippen molar-refractivity contribution in [2.75, 3.05) is 13.2 Å². The molecule has 4 heteroatoms. The predicted octanol–water partition coefficient (Wildman–Crippen LogP) is 5.19. The van der Waals surface area contributed by atoms with E-state index in [1.165, 1.54) is 43.5 Å². The summed E-state index contributed by atoms with van der Waals surface area (Å²) in [7, 11) is 0. The Balaban J connectivity index is 1.86. The maximum atomic E-state index is 5.72. The second kappa shape index (κ2) is 11.7. The molecular formula is C15H26ClNOS. The Labute approximate surface area is 126 Å². The average Bonchev–Trinajstić information content (AvgIpc) is 2.89. The molecule has 0 saturated carbocycles. The molecule has 0 unspecified atom stereocenters. The highest BCUT2D eigenvalue weighted by Crippen LogP contribution is 2.13. The van der Waals surface area contributed by atoms with Crippen LogP contribution < -0.4 is 0 Å². The molecule has 0 aliphatic rings. The van der Waals surface area contributed by atoms with Gasteiger partial charge in [0, 0.05) is 25.0 Å². The third-order valence-electron chi connectivity index (χ3n) is 3.06. The Morgan fingerprint density at radius 3 is 2.58 bits per heavy atom. The van der Waals surface area contributed by atoms with Crippen LogP contribution in [0.4, 0.5) is 0 Å². The molecule has 0 saturated heterocycles. The molecule has 0 aliphatic heterocycles. The fraction of sp³-hybridized carbons (Fsp3) is 0.800. The van der Waals surface area contributed by atoms with E-state index >= 15 is 0 Å². The van der Waals surface area contributed by atoms with Crippen LogP contribution in [0.5, 0.6) is 0 Å². The summed E-state index contributed by atoms with van der Waals surface area (Å²) < 4.78 is 5.65. The number of nitrogens with zero attached hydrogens (tertiary/aromatic N) is 1. The summed E-state index contributed by atoms with van der Waals surface area (Å²) in [6, 6.07) is 0. The lowest BCUT2D eigenvalue weighted by molar-refractivity contribution is 0.127. The second-order valence-corrected chi connectivity index (χ2v) is 6.06. The van der Waals surface area contributed by atoms with Crippen molar-refractivity contribution in [1.82, 2.24) is 4.98 Å². The zero-order valence-electron chi connectivity index (χ0n) is 12.0. The van der Waals surface area contributed by atoms with Gasteiger partial charge in [-0.1, -0.05) is 39.0 Å². The highest BCUT2D eigenvalue weighted by atomic mass is 35.5. The van der Waals surface area contributed by atoms with E-state index in [2.05, 4.69) is 11.9 Å². The molecule has 110 valence electrons. The number of hydrogen-bond donors (Lipinski definition) is 0. The van der Waals surface area contributed by atoms with Crippen molar-refractivity contribution in [3.63, 3.8) is 0 Å². The first kappa shape index (κ1) is 16.9. The summed E-state index contributed by atoms with van der Waals surface area (Å²) in [6.45, 7) is 4.02. The number of aryl methyl sites for hydroxylation is 1. The first-order valence-electron chi connectivity index (χ1n) is 7.43. The largest absolute Gasteiger partial charge is 0.381 e. The van der Waals surface area contributed by atoms with E-state index < -0.39 is 0 Å². The van der Waals surface area contributed by atoms with Crippen LogP contribution in [-0.2, 0) is 17.0 Å². The SMILES string of the molecule is CCCCCCCCOCCCc1nc(CCl)cs1. The van der Waals surface area contributed by atoms with E-state index in [9.17, 15) is 0 Å². The van der Waals surface area contributed by atoms with Gasteiger partial charge in [0.25, 0.3) is 0 Å². The number of aromatic nitrogens is 1. The maximum absolute atomic E-state index is 5.72. The minimum atomic E-state index is 0.519. The van der Waals surface area contributed by atoms with Crippen molar-refractivity contribution in [3.8, 4) is 0 Å². The first-order valence-corrected chi connectivity index (χ1v) is 8.85. The third-order valence-corrected chi connectivity index (χ3v) is 4.29. The molecule has 0 spiro atoms. The van der Waals surface area contributed by atoms with Gasteiger partial charge in [0.05, 0.1) is 16.6 Å². The number of hydrogen-bond acceptors (Lipinski definition) is 3. The highest BCUT2D eigenvalue weighted by Gasteiger charge is 2.00. The lowest BCUT2D eigenvalue weighted by Gasteiger charge is -2.03. The number of thiazole rings is 1. The summed E-state index contributed by atoms with van der Waals surface area (Å²) >= 11 is 7.43. The maximum Gasteiger partial charge on any atom is 0.0929 e. The molecule has 1 heterocycles. The molecule has 0 aromatic carbocycles. The number of rotatable bonds is 12. The van der Waals surface area contributed by atoms with E-state index in [1.54, 1.807) is 11.3 Å². The van der Waals surface area contributed by atoms with Gasteiger partial charge in [0.1, 0.15) is 0 Å². The van der Waals surface area contributed by atoms with Gasteiger partial charge in [0.2, 0.25) is 0 Å². The van der Waals surface area contributed by atoms with E-state index in [4.69, 9.17) is 16.3 Å². The first-order chi connectivity index (χ1) is 9.36. The normalized spacial score (nSPS) is 11.1. The Hall–Kier alpha value is -0.120. The molecule has 0 atom stereocenters. The number of ether oxygens (including phenoxy) is 1. The van der Waals surface area contributed by atoms with Gasteiger partial charge in [-0.2, -0.15) is 0 Å². The summed E-state index contributed by atoms with van der Waals surface area (Å²) in [5.74, 6) is 0.519. The van der Waals surface area contributed by atoms with Crippen LogP contribution in [0.3, 0.4) is 0 Å². The Kier molecular flexibility index (Phi) is 10.4. The van der Waals surface area contributed by atoms with Gasteiger partial charge >= 0.3 is 0 Å².